The second-order valence-electron chi connectivity index (χ2n) is 7.32. The summed E-state index contributed by atoms with van der Waals surface area (Å²) in [6, 6.07) is 5.71. The van der Waals surface area contributed by atoms with Crippen molar-refractivity contribution in [1.29, 1.82) is 0 Å². The van der Waals surface area contributed by atoms with Crippen LogP contribution in [-0.4, -0.2) is 87.6 Å². The Morgan fingerprint density at radius 3 is 2.38 bits per heavy atom. The molecule has 0 N–H and O–H groups in total. The first-order chi connectivity index (χ1) is 14.2. The van der Waals surface area contributed by atoms with Crippen LogP contribution in [0.3, 0.4) is 0 Å². The highest BCUT2D eigenvalue weighted by Gasteiger charge is 2.28. The molecule has 1 aromatic carbocycles. The maximum absolute atomic E-state index is 13.5. The summed E-state index contributed by atoms with van der Waals surface area (Å²) < 4.78 is 22.3. The van der Waals surface area contributed by atoms with E-state index >= 15 is 0 Å². The maximum atomic E-state index is 13.5. The van der Waals surface area contributed by atoms with Gasteiger partial charge >= 0.3 is 0 Å². The Kier molecular flexibility index (Phi) is 8.58. The van der Waals surface area contributed by atoms with Crippen LogP contribution in [0.1, 0.15) is 37.0 Å². The SMILES string of the molecule is CCOc1ccc(C(=O)N(CCN2CCOCC2)C2CCOCC2)cc1OCC. The highest BCUT2D eigenvalue weighted by molar-refractivity contribution is 5.95. The van der Waals surface area contributed by atoms with E-state index < -0.39 is 0 Å². The molecular formula is C22H34N2O5. The summed E-state index contributed by atoms with van der Waals surface area (Å²) in [4.78, 5) is 17.9. The van der Waals surface area contributed by atoms with Crippen LogP contribution in [-0.2, 0) is 9.47 Å². The fraction of sp³-hybridized carbons (Fsp3) is 0.682. The Labute approximate surface area is 173 Å². The van der Waals surface area contributed by atoms with Crippen LogP contribution in [0.4, 0.5) is 0 Å². The molecule has 0 radical (unpaired) electrons. The molecule has 0 saturated carbocycles. The monoisotopic (exact) mass is 406 g/mol. The Morgan fingerprint density at radius 2 is 1.69 bits per heavy atom. The number of hydrogen-bond donors (Lipinski definition) is 0. The van der Waals surface area contributed by atoms with Gasteiger partial charge in [0.25, 0.3) is 5.91 Å². The Hall–Kier alpha value is -1.83. The van der Waals surface area contributed by atoms with Gasteiger partial charge in [0.1, 0.15) is 0 Å². The van der Waals surface area contributed by atoms with Crippen LogP contribution < -0.4 is 9.47 Å². The second kappa shape index (κ2) is 11.4. The number of morpholine rings is 1. The smallest absolute Gasteiger partial charge is 0.254 e. The van der Waals surface area contributed by atoms with Crippen molar-refractivity contribution in [3.8, 4) is 11.5 Å². The number of ether oxygens (including phenoxy) is 4. The molecule has 0 bridgehead atoms. The van der Waals surface area contributed by atoms with Gasteiger partial charge in [-0.1, -0.05) is 0 Å². The molecule has 0 aliphatic carbocycles. The van der Waals surface area contributed by atoms with Crippen molar-refractivity contribution in [2.24, 2.45) is 0 Å². The predicted molar refractivity (Wildman–Crippen MR) is 111 cm³/mol. The number of hydrogen-bond acceptors (Lipinski definition) is 6. The lowest BCUT2D eigenvalue weighted by molar-refractivity contribution is 0.0141. The molecule has 0 aromatic heterocycles. The van der Waals surface area contributed by atoms with Gasteiger partial charge in [-0.05, 0) is 44.9 Å². The zero-order valence-electron chi connectivity index (χ0n) is 17.7. The van der Waals surface area contributed by atoms with Crippen molar-refractivity contribution in [3.63, 3.8) is 0 Å². The summed E-state index contributed by atoms with van der Waals surface area (Å²) in [7, 11) is 0. The van der Waals surface area contributed by atoms with E-state index in [1.54, 1.807) is 0 Å². The number of carbonyl (C=O) groups excluding carboxylic acids is 1. The third-order valence-corrected chi connectivity index (χ3v) is 5.44. The van der Waals surface area contributed by atoms with Crippen molar-refractivity contribution >= 4 is 5.91 Å². The Balaban J connectivity index is 1.76. The van der Waals surface area contributed by atoms with E-state index in [9.17, 15) is 4.79 Å². The van der Waals surface area contributed by atoms with Gasteiger partial charge < -0.3 is 23.8 Å². The minimum atomic E-state index is 0.0501. The predicted octanol–water partition coefficient (Wildman–Crippen LogP) is 2.44. The van der Waals surface area contributed by atoms with Gasteiger partial charge in [-0.15, -0.1) is 0 Å². The summed E-state index contributed by atoms with van der Waals surface area (Å²) in [5.41, 5.74) is 0.644. The molecular weight excluding hydrogens is 372 g/mol. The summed E-state index contributed by atoms with van der Waals surface area (Å²) in [6.45, 7) is 11.3. The number of carbonyl (C=O) groups is 1. The minimum absolute atomic E-state index is 0.0501. The molecule has 162 valence electrons. The first-order valence-electron chi connectivity index (χ1n) is 10.8. The van der Waals surface area contributed by atoms with E-state index in [4.69, 9.17) is 18.9 Å². The van der Waals surface area contributed by atoms with E-state index in [-0.39, 0.29) is 11.9 Å². The fourth-order valence-electron chi connectivity index (χ4n) is 3.87. The molecule has 0 unspecified atom stereocenters. The first-order valence-corrected chi connectivity index (χ1v) is 10.8. The Morgan fingerprint density at radius 1 is 1.03 bits per heavy atom. The highest BCUT2D eigenvalue weighted by atomic mass is 16.5. The van der Waals surface area contributed by atoms with Crippen molar-refractivity contribution in [2.75, 3.05) is 65.8 Å². The molecule has 2 saturated heterocycles. The van der Waals surface area contributed by atoms with Crippen LogP contribution in [0.5, 0.6) is 11.5 Å². The normalized spacial score (nSPS) is 18.4. The largest absolute Gasteiger partial charge is 0.490 e. The molecule has 1 aromatic rings. The second-order valence-corrected chi connectivity index (χ2v) is 7.32. The third-order valence-electron chi connectivity index (χ3n) is 5.44. The van der Waals surface area contributed by atoms with E-state index in [0.29, 0.717) is 50.0 Å². The molecule has 0 atom stereocenters. The summed E-state index contributed by atoms with van der Waals surface area (Å²) in [5, 5.41) is 0. The molecule has 7 nitrogen and oxygen atoms in total. The van der Waals surface area contributed by atoms with E-state index in [1.165, 1.54) is 0 Å². The maximum Gasteiger partial charge on any atom is 0.254 e. The van der Waals surface area contributed by atoms with Gasteiger partial charge in [0, 0.05) is 51.0 Å². The van der Waals surface area contributed by atoms with Crippen molar-refractivity contribution in [2.45, 2.75) is 32.7 Å². The molecule has 29 heavy (non-hydrogen) atoms. The number of nitrogens with zero attached hydrogens (tertiary/aromatic N) is 2. The zero-order valence-corrected chi connectivity index (χ0v) is 17.7. The van der Waals surface area contributed by atoms with Crippen molar-refractivity contribution in [1.82, 2.24) is 9.80 Å². The molecule has 1 amide bonds. The van der Waals surface area contributed by atoms with Gasteiger partial charge in [0.15, 0.2) is 11.5 Å². The molecule has 2 aliphatic heterocycles. The van der Waals surface area contributed by atoms with Gasteiger partial charge in [-0.3, -0.25) is 9.69 Å². The average Bonchev–Trinajstić information content (AvgIpc) is 2.77. The molecule has 3 rings (SSSR count). The van der Waals surface area contributed by atoms with Crippen molar-refractivity contribution < 1.29 is 23.7 Å². The lowest BCUT2D eigenvalue weighted by atomic mass is 10.0. The van der Waals surface area contributed by atoms with Crippen LogP contribution in [0, 0.1) is 0 Å². The van der Waals surface area contributed by atoms with E-state index in [2.05, 4.69) is 4.90 Å². The van der Waals surface area contributed by atoms with Gasteiger partial charge in [-0.25, -0.2) is 0 Å². The van der Waals surface area contributed by atoms with Gasteiger partial charge in [0.2, 0.25) is 0 Å². The van der Waals surface area contributed by atoms with Gasteiger partial charge in [-0.2, -0.15) is 0 Å². The fourth-order valence-corrected chi connectivity index (χ4v) is 3.87. The number of amides is 1. The number of rotatable bonds is 9. The van der Waals surface area contributed by atoms with Crippen LogP contribution in [0.2, 0.25) is 0 Å². The van der Waals surface area contributed by atoms with Crippen LogP contribution in [0.25, 0.3) is 0 Å². The molecule has 7 heteroatoms. The average molecular weight is 407 g/mol. The highest BCUT2D eigenvalue weighted by Crippen LogP contribution is 2.29. The van der Waals surface area contributed by atoms with Gasteiger partial charge in [0.05, 0.1) is 26.4 Å². The standard InChI is InChI=1S/C22H34N2O5/c1-3-28-20-6-5-18(17-21(20)29-4-2)22(25)24(19-7-13-26-14-8-19)10-9-23-11-15-27-16-12-23/h5-6,17,19H,3-4,7-16H2,1-2H3. The Bertz CT molecular complexity index is 642. The quantitative estimate of drug-likeness (QED) is 0.628. The molecule has 2 aliphatic rings. The topological polar surface area (TPSA) is 60.5 Å². The zero-order chi connectivity index (χ0) is 20.5. The third kappa shape index (κ3) is 6.07. The summed E-state index contributed by atoms with van der Waals surface area (Å²) in [6.07, 6.45) is 1.76. The minimum Gasteiger partial charge on any atom is -0.490 e. The van der Waals surface area contributed by atoms with Crippen LogP contribution in [0.15, 0.2) is 18.2 Å². The summed E-state index contributed by atoms with van der Waals surface area (Å²) >= 11 is 0. The molecule has 0 spiro atoms. The van der Waals surface area contributed by atoms with Crippen molar-refractivity contribution in [3.05, 3.63) is 23.8 Å². The number of benzene rings is 1. The van der Waals surface area contributed by atoms with E-state index in [1.807, 2.05) is 36.9 Å². The van der Waals surface area contributed by atoms with E-state index in [0.717, 1.165) is 45.7 Å². The lowest BCUT2D eigenvalue weighted by Crippen LogP contribution is -2.48. The molecule has 2 fully saturated rings. The first kappa shape index (κ1) is 21.9. The summed E-state index contributed by atoms with van der Waals surface area (Å²) in [5.74, 6) is 1.35. The van der Waals surface area contributed by atoms with Crippen LogP contribution >= 0.6 is 0 Å². The molecule has 2 heterocycles. The lowest BCUT2D eigenvalue weighted by Gasteiger charge is -2.36.